The topological polar surface area (TPSA) is 47.3 Å². The molecule has 0 radical (unpaired) electrons. The van der Waals surface area contributed by atoms with Crippen molar-refractivity contribution >= 4 is 11.0 Å². The molecule has 1 N–H and O–H groups in total. The summed E-state index contributed by atoms with van der Waals surface area (Å²) in [6, 6.07) is 18.4. The number of hydrogen-bond donors (Lipinski definition) is 1. The van der Waals surface area contributed by atoms with Crippen LogP contribution in [0.25, 0.3) is 11.0 Å². The van der Waals surface area contributed by atoms with Gasteiger partial charge in [0.15, 0.2) is 0 Å². The molecule has 0 bridgehead atoms. The Balaban J connectivity index is 1.48. The molecule has 4 heteroatoms. The molecule has 4 rings (SSSR count). The van der Waals surface area contributed by atoms with Gasteiger partial charge >= 0.3 is 0 Å². The van der Waals surface area contributed by atoms with Gasteiger partial charge in [-0.05, 0) is 37.5 Å². The van der Waals surface area contributed by atoms with E-state index in [1.807, 2.05) is 37.3 Å². The maximum atomic E-state index is 10.7. The first kappa shape index (κ1) is 19.2. The lowest BCUT2D eigenvalue weighted by Crippen LogP contribution is -2.25. The molecule has 0 amide bonds. The van der Waals surface area contributed by atoms with Crippen molar-refractivity contribution < 1.29 is 9.84 Å². The van der Waals surface area contributed by atoms with Crippen LogP contribution in [-0.2, 0) is 11.3 Å². The van der Waals surface area contributed by atoms with Crippen molar-refractivity contribution in [1.82, 2.24) is 9.55 Å². The van der Waals surface area contributed by atoms with E-state index in [0.717, 1.165) is 22.4 Å². The summed E-state index contributed by atoms with van der Waals surface area (Å²) >= 11 is 0. The number of hydrogen-bond acceptors (Lipinski definition) is 3. The van der Waals surface area contributed by atoms with Crippen LogP contribution in [-0.4, -0.2) is 27.4 Å². The van der Waals surface area contributed by atoms with Crippen LogP contribution in [0.3, 0.4) is 0 Å². The quantitative estimate of drug-likeness (QED) is 0.613. The van der Waals surface area contributed by atoms with Crippen molar-refractivity contribution in [2.45, 2.75) is 63.7 Å². The van der Waals surface area contributed by atoms with E-state index in [1.54, 1.807) is 0 Å². The minimum Gasteiger partial charge on any atom is -0.389 e. The molecular formula is C24H30N2O2. The lowest BCUT2D eigenvalue weighted by atomic mass is 9.88. The molecule has 0 saturated heterocycles. The molecule has 28 heavy (non-hydrogen) atoms. The Labute approximate surface area is 167 Å². The highest BCUT2D eigenvalue weighted by Crippen LogP contribution is 2.34. The Morgan fingerprint density at radius 2 is 1.75 bits per heavy atom. The molecule has 1 aliphatic carbocycles. The molecule has 1 aliphatic rings. The zero-order chi connectivity index (χ0) is 19.3. The van der Waals surface area contributed by atoms with E-state index in [0.29, 0.717) is 19.1 Å². The fourth-order valence-electron chi connectivity index (χ4n) is 4.30. The number of aromatic nitrogens is 2. The van der Waals surface area contributed by atoms with Crippen molar-refractivity contribution in [2.75, 3.05) is 6.61 Å². The van der Waals surface area contributed by atoms with Crippen LogP contribution in [0.4, 0.5) is 0 Å². The lowest BCUT2D eigenvalue weighted by molar-refractivity contribution is -0.00872. The van der Waals surface area contributed by atoms with Gasteiger partial charge in [0.25, 0.3) is 0 Å². The van der Waals surface area contributed by atoms with E-state index in [-0.39, 0.29) is 6.10 Å². The average Bonchev–Trinajstić information content (AvgIpc) is 3.12. The van der Waals surface area contributed by atoms with Crippen molar-refractivity contribution in [1.29, 1.82) is 0 Å². The Kier molecular flexibility index (Phi) is 6.08. The van der Waals surface area contributed by atoms with Gasteiger partial charge in [-0.2, -0.15) is 0 Å². The van der Waals surface area contributed by atoms with Gasteiger partial charge in [-0.25, -0.2) is 4.98 Å². The predicted molar refractivity (Wildman–Crippen MR) is 112 cm³/mol. The average molecular weight is 379 g/mol. The maximum absolute atomic E-state index is 10.7. The molecule has 3 aromatic rings. The van der Waals surface area contributed by atoms with Gasteiger partial charge in [-0.3, -0.25) is 0 Å². The van der Waals surface area contributed by atoms with Gasteiger partial charge in [0.1, 0.15) is 5.82 Å². The van der Waals surface area contributed by atoms with E-state index in [9.17, 15) is 5.11 Å². The van der Waals surface area contributed by atoms with Crippen LogP contribution in [0.15, 0.2) is 54.6 Å². The summed E-state index contributed by atoms with van der Waals surface area (Å²) in [5.74, 6) is 1.63. The van der Waals surface area contributed by atoms with Gasteiger partial charge in [-0.15, -0.1) is 0 Å². The molecule has 2 aromatic carbocycles. The normalized spacial score (nSPS) is 17.6. The molecule has 148 valence electrons. The van der Waals surface area contributed by atoms with E-state index in [4.69, 9.17) is 9.72 Å². The Bertz CT molecular complexity index is 884. The van der Waals surface area contributed by atoms with Crippen LogP contribution in [0.2, 0.25) is 0 Å². The first-order valence-corrected chi connectivity index (χ1v) is 10.5. The summed E-state index contributed by atoms with van der Waals surface area (Å²) in [4.78, 5) is 4.94. The fraction of sp³-hybridized carbons (Fsp3) is 0.458. The van der Waals surface area contributed by atoms with E-state index < -0.39 is 6.10 Å². The van der Waals surface area contributed by atoms with Crippen molar-refractivity contribution in [3.63, 3.8) is 0 Å². The van der Waals surface area contributed by atoms with Crippen molar-refractivity contribution in [3.05, 3.63) is 66.0 Å². The zero-order valence-corrected chi connectivity index (χ0v) is 16.6. The van der Waals surface area contributed by atoms with E-state index in [2.05, 4.69) is 28.8 Å². The fourth-order valence-corrected chi connectivity index (χ4v) is 4.30. The summed E-state index contributed by atoms with van der Waals surface area (Å²) in [7, 11) is 0. The minimum absolute atomic E-state index is 0.0341. The molecule has 0 aliphatic heterocycles. The summed E-state index contributed by atoms with van der Waals surface area (Å²) in [5, 5.41) is 10.7. The number of aliphatic hydroxyl groups excluding tert-OH is 1. The number of nitrogens with zero attached hydrogens (tertiary/aromatic N) is 2. The summed E-state index contributed by atoms with van der Waals surface area (Å²) in [6.07, 6.45) is 5.66. The van der Waals surface area contributed by atoms with Gasteiger partial charge in [0.05, 0.1) is 36.4 Å². The van der Waals surface area contributed by atoms with E-state index in [1.165, 1.54) is 32.1 Å². The minimum atomic E-state index is -0.564. The lowest BCUT2D eigenvalue weighted by Gasteiger charge is -2.24. The molecule has 1 aromatic heterocycles. The molecule has 2 unspecified atom stereocenters. The molecule has 0 spiro atoms. The molecular weight excluding hydrogens is 348 g/mol. The number of fused-ring (bicyclic) bond motifs is 1. The third kappa shape index (κ3) is 4.29. The van der Waals surface area contributed by atoms with Gasteiger partial charge in [0.2, 0.25) is 0 Å². The second-order valence-corrected chi connectivity index (χ2v) is 7.94. The number of imidazole rings is 1. The Morgan fingerprint density at radius 1 is 1.04 bits per heavy atom. The number of rotatable bonds is 7. The smallest absolute Gasteiger partial charge is 0.113 e. The number of benzene rings is 2. The predicted octanol–water partition coefficient (Wildman–Crippen LogP) is 5.22. The highest BCUT2D eigenvalue weighted by molar-refractivity contribution is 5.76. The Morgan fingerprint density at radius 3 is 2.54 bits per heavy atom. The maximum Gasteiger partial charge on any atom is 0.113 e. The number of para-hydroxylation sites is 2. The standard InChI is InChI=1S/C24H30N2O2/c1-18(19-10-4-2-5-11-19)28-17-21(27)16-26-23-15-9-8-14-22(23)25-24(26)20-12-6-3-7-13-20/h2,4-5,8-11,14-15,18,20-21,27H,3,6-7,12-13,16-17H2,1H3. The molecule has 1 saturated carbocycles. The van der Waals surface area contributed by atoms with Crippen LogP contribution in [0.1, 0.15) is 62.4 Å². The monoisotopic (exact) mass is 378 g/mol. The molecule has 2 atom stereocenters. The second-order valence-electron chi connectivity index (χ2n) is 7.94. The second kappa shape index (κ2) is 8.89. The summed E-state index contributed by atoms with van der Waals surface area (Å²) in [5.41, 5.74) is 3.26. The summed E-state index contributed by atoms with van der Waals surface area (Å²) in [6.45, 7) is 2.86. The third-order valence-electron chi connectivity index (χ3n) is 5.86. The third-order valence-corrected chi connectivity index (χ3v) is 5.86. The van der Waals surface area contributed by atoms with Crippen molar-refractivity contribution in [3.8, 4) is 0 Å². The van der Waals surface area contributed by atoms with Crippen LogP contribution in [0.5, 0.6) is 0 Å². The van der Waals surface area contributed by atoms with Crippen molar-refractivity contribution in [2.24, 2.45) is 0 Å². The molecule has 4 nitrogen and oxygen atoms in total. The number of aliphatic hydroxyl groups is 1. The van der Waals surface area contributed by atoms with Crippen LogP contribution >= 0.6 is 0 Å². The SMILES string of the molecule is CC(OCC(O)Cn1c(C2CCCCC2)nc2ccccc21)c1ccccc1. The van der Waals surface area contributed by atoms with Crippen LogP contribution in [0, 0.1) is 0 Å². The van der Waals surface area contributed by atoms with E-state index >= 15 is 0 Å². The van der Waals surface area contributed by atoms with Crippen LogP contribution < -0.4 is 0 Å². The largest absolute Gasteiger partial charge is 0.389 e. The Hall–Kier alpha value is -2.17. The highest BCUT2D eigenvalue weighted by Gasteiger charge is 2.23. The first-order valence-electron chi connectivity index (χ1n) is 10.5. The number of ether oxygens (including phenoxy) is 1. The molecule has 1 heterocycles. The first-order chi connectivity index (χ1) is 13.7. The van der Waals surface area contributed by atoms with Gasteiger partial charge in [0, 0.05) is 5.92 Å². The van der Waals surface area contributed by atoms with Gasteiger partial charge < -0.3 is 14.4 Å². The van der Waals surface area contributed by atoms with Gasteiger partial charge in [-0.1, -0.05) is 61.7 Å². The highest BCUT2D eigenvalue weighted by atomic mass is 16.5. The summed E-state index contributed by atoms with van der Waals surface area (Å²) < 4.78 is 8.18. The molecule has 1 fully saturated rings. The zero-order valence-electron chi connectivity index (χ0n) is 16.6.